The van der Waals surface area contributed by atoms with Crippen molar-refractivity contribution in [1.82, 2.24) is 4.57 Å². The third-order valence-corrected chi connectivity index (χ3v) is 5.68. The Labute approximate surface area is 196 Å². The summed E-state index contributed by atoms with van der Waals surface area (Å²) >= 11 is 5.90. The zero-order chi connectivity index (χ0) is 24.1. The van der Waals surface area contributed by atoms with Gasteiger partial charge < -0.3 is 14.6 Å². The fraction of sp³-hybridized carbons (Fsp3) is 0.240. The van der Waals surface area contributed by atoms with Crippen LogP contribution in [0.25, 0.3) is 0 Å². The molecule has 3 aromatic rings. The number of halogens is 1. The van der Waals surface area contributed by atoms with E-state index in [2.05, 4.69) is 0 Å². The number of ketones is 1. The highest BCUT2D eigenvalue weighted by Gasteiger charge is 2.24. The van der Waals surface area contributed by atoms with Crippen LogP contribution in [0.3, 0.4) is 0 Å². The number of ether oxygens (including phenoxy) is 2. The SMILES string of the molecule is COc1ccc(CCn2c(O)c(C(=O)Cc3ccc(Cl)cc3)c(C)c(C#N)c2=O)cc1OC. The summed E-state index contributed by atoms with van der Waals surface area (Å²) in [6, 6.07) is 14.0. The van der Waals surface area contributed by atoms with Crippen molar-refractivity contribution >= 4 is 17.4 Å². The molecule has 8 heteroatoms. The first kappa shape index (κ1) is 23.9. The fourth-order valence-electron chi connectivity index (χ4n) is 3.65. The second kappa shape index (κ2) is 10.2. The molecule has 33 heavy (non-hydrogen) atoms. The average molecular weight is 467 g/mol. The zero-order valence-electron chi connectivity index (χ0n) is 18.5. The highest BCUT2D eigenvalue weighted by molar-refractivity contribution is 6.30. The third kappa shape index (κ3) is 5.02. The Morgan fingerprint density at radius 2 is 1.73 bits per heavy atom. The molecule has 0 saturated heterocycles. The quantitative estimate of drug-likeness (QED) is 0.502. The van der Waals surface area contributed by atoms with Gasteiger partial charge in [-0.05, 0) is 54.3 Å². The van der Waals surface area contributed by atoms with Crippen molar-refractivity contribution in [3.8, 4) is 23.4 Å². The maximum Gasteiger partial charge on any atom is 0.271 e. The number of Topliss-reactive ketones (excluding diaryl/α,β-unsaturated/α-hetero) is 1. The number of nitriles is 1. The lowest BCUT2D eigenvalue weighted by atomic mass is 9.97. The molecule has 3 rings (SSSR count). The predicted molar refractivity (Wildman–Crippen MR) is 125 cm³/mol. The van der Waals surface area contributed by atoms with E-state index in [0.717, 1.165) is 10.1 Å². The molecule has 0 aliphatic rings. The first-order valence-electron chi connectivity index (χ1n) is 10.2. The van der Waals surface area contributed by atoms with Crippen LogP contribution in [0.15, 0.2) is 47.3 Å². The van der Waals surface area contributed by atoms with Crippen LogP contribution in [0.4, 0.5) is 0 Å². The summed E-state index contributed by atoms with van der Waals surface area (Å²) < 4.78 is 11.6. The lowest BCUT2D eigenvalue weighted by Crippen LogP contribution is -2.27. The third-order valence-electron chi connectivity index (χ3n) is 5.43. The molecule has 0 radical (unpaired) electrons. The Bertz CT molecular complexity index is 1290. The molecule has 0 saturated carbocycles. The van der Waals surface area contributed by atoms with Crippen molar-refractivity contribution < 1.29 is 19.4 Å². The second-order valence-corrected chi connectivity index (χ2v) is 7.87. The van der Waals surface area contributed by atoms with E-state index in [9.17, 15) is 20.0 Å². The van der Waals surface area contributed by atoms with Crippen molar-refractivity contribution in [1.29, 1.82) is 5.26 Å². The molecule has 1 heterocycles. The van der Waals surface area contributed by atoms with Gasteiger partial charge in [0.25, 0.3) is 5.56 Å². The number of methoxy groups -OCH3 is 2. The number of aromatic hydroxyl groups is 1. The number of aryl methyl sites for hydroxylation is 1. The average Bonchev–Trinajstić information content (AvgIpc) is 2.80. The second-order valence-electron chi connectivity index (χ2n) is 7.43. The number of carbonyl (C=O) groups excluding carboxylic acids is 1. The maximum absolute atomic E-state index is 13.1. The van der Waals surface area contributed by atoms with Gasteiger partial charge >= 0.3 is 0 Å². The molecule has 0 spiro atoms. The minimum absolute atomic E-state index is 0.00960. The first-order chi connectivity index (χ1) is 15.8. The van der Waals surface area contributed by atoms with Crippen LogP contribution in [0.5, 0.6) is 17.4 Å². The van der Waals surface area contributed by atoms with Crippen molar-refractivity contribution in [2.75, 3.05) is 14.2 Å². The largest absolute Gasteiger partial charge is 0.494 e. The maximum atomic E-state index is 13.1. The van der Waals surface area contributed by atoms with E-state index in [1.54, 1.807) is 36.4 Å². The molecule has 170 valence electrons. The van der Waals surface area contributed by atoms with Gasteiger partial charge in [-0.1, -0.05) is 29.8 Å². The molecule has 0 aliphatic carbocycles. The van der Waals surface area contributed by atoms with Gasteiger partial charge in [0.05, 0.1) is 19.8 Å². The van der Waals surface area contributed by atoms with Crippen molar-refractivity contribution in [2.45, 2.75) is 26.3 Å². The van der Waals surface area contributed by atoms with Crippen LogP contribution in [0.2, 0.25) is 5.02 Å². The summed E-state index contributed by atoms with van der Waals surface area (Å²) in [7, 11) is 3.06. The van der Waals surface area contributed by atoms with Crippen LogP contribution in [-0.2, 0) is 19.4 Å². The number of hydrogen-bond donors (Lipinski definition) is 1. The molecule has 0 amide bonds. The van der Waals surface area contributed by atoms with Crippen LogP contribution >= 0.6 is 11.6 Å². The van der Waals surface area contributed by atoms with E-state index in [1.807, 2.05) is 12.1 Å². The van der Waals surface area contributed by atoms with Crippen LogP contribution in [-0.4, -0.2) is 29.7 Å². The number of benzene rings is 2. The standard InChI is InChI=1S/C25H23ClN2O5/c1-15-19(14-27)24(30)28(11-10-17-6-9-21(32-2)22(13-17)33-3)25(31)23(15)20(29)12-16-4-7-18(26)8-5-16/h4-9,13,31H,10-12H2,1-3H3. The molecule has 0 atom stereocenters. The number of aromatic nitrogens is 1. The zero-order valence-corrected chi connectivity index (χ0v) is 19.3. The van der Waals surface area contributed by atoms with E-state index in [4.69, 9.17) is 21.1 Å². The minimum atomic E-state index is -0.643. The Morgan fingerprint density at radius 1 is 1.09 bits per heavy atom. The van der Waals surface area contributed by atoms with Gasteiger partial charge in [0.1, 0.15) is 11.6 Å². The smallest absolute Gasteiger partial charge is 0.271 e. The summed E-state index contributed by atoms with van der Waals surface area (Å²) in [6.07, 6.45) is 0.344. The molecular formula is C25H23ClN2O5. The summed E-state index contributed by atoms with van der Waals surface area (Å²) in [4.78, 5) is 25.9. The Balaban J connectivity index is 1.97. The van der Waals surface area contributed by atoms with E-state index >= 15 is 0 Å². The topological polar surface area (TPSA) is 102 Å². The number of rotatable bonds is 8. The lowest BCUT2D eigenvalue weighted by molar-refractivity contribution is 0.0988. The fourth-order valence-corrected chi connectivity index (χ4v) is 3.77. The molecule has 0 bridgehead atoms. The number of hydrogen-bond acceptors (Lipinski definition) is 6. The first-order valence-corrected chi connectivity index (χ1v) is 10.5. The van der Waals surface area contributed by atoms with Gasteiger partial charge in [-0.25, -0.2) is 0 Å². The molecule has 1 N–H and O–H groups in total. The van der Waals surface area contributed by atoms with Crippen molar-refractivity contribution in [3.05, 3.63) is 85.7 Å². The Hall–Kier alpha value is -3.76. The van der Waals surface area contributed by atoms with Crippen LogP contribution in [0, 0.1) is 18.3 Å². The predicted octanol–water partition coefficient (Wildman–Crippen LogP) is 4.07. The van der Waals surface area contributed by atoms with Gasteiger partial charge in [-0.3, -0.25) is 14.2 Å². The molecule has 2 aromatic carbocycles. The van der Waals surface area contributed by atoms with Crippen molar-refractivity contribution in [3.63, 3.8) is 0 Å². The van der Waals surface area contributed by atoms with Crippen molar-refractivity contribution in [2.24, 2.45) is 0 Å². The monoisotopic (exact) mass is 466 g/mol. The molecule has 0 unspecified atom stereocenters. The summed E-state index contributed by atoms with van der Waals surface area (Å²) in [5.74, 6) is 0.255. The van der Waals surface area contributed by atoms with Gasteiger partial charge in [0.15, 0.2) is 17.3 Å². The summed E-state index contributed by atoms with van der Waals surface area (Å²) in [5, 5.41) is 21.0. The molecule has 7 nitrogen and oxygen atoms in total. The van der Waals surface area contributed by atoms with Gasteiger partial charge in [-0.2, -0.15) is 5.26 Å². The number of carbonyl (C=O) groups is 1. The van der Waals surface area contributed by atoms with E-state index in [1.165, 1.54) is 21.1 Å². The summed E-state index contributed by atoms with van der Waals surface area (Å²) in [6.45, 7) is 1.56. The number of nitrogens with zero attached hydrogens (tertiary/aromatic N) is 2. The Morgan fingerprint density at radius 3 is 2.33 bits per heavy atom. The molecule has 1 aromatic heterocycles. The summed E-state index contributed by atoms with van der Waals surface area (Å²) in [5.41, 5.74) is 0.849. The molecule has 0 aliphatic heterocycles. The van der Waals surface area contributed by atoms with E-state index in [-0.39, 0.29) is 29.7 Å². The van der Waals surface area contributed by atoms with Gasteiger partial charge in [0, 0.05) is 18.0 Å². The van der Waals surface area contributed by atoms with Gasteiger partial charge in [-0.15, -0.1) is 0 Å². The number of pyridine rings is 1. The normalized spacial score (nSPS) is 10.5. The van der Waals surface area contributed by atoms with E-state index < -0.39 is 17.2 Å². The highest BCUT2D eigenvalue weighted by Crippen LogP contribution is 2.29. The van der Waals surface area contributed by atoms with E-state index in [0.29, 0.717) is 28.5 Å². The lowest BCUT2D eigenvalue weighted by Gasteiger charge is -2.16. The Kier molecular flexibility index (Phi) is 7.41. The molecule has 0 fully saturated rings. The van der Waals surface area contributed by atoms with Gasteiger partial charge in [0.2, 0.25) is 5.88 Å². The van der Waals surface area contributed by atoms with Crippen LogP contribution < -0.4 is 15.0 Å². The van der Waals surface area contributed by atoms with Crippen LogP contribution in [0.1, 0.15) is 32.6 Å². The minimum Gasteiger partial charge on any atom is -0.494 e. The molecular weight excluding hydrogens is 444 g/mol. The highest BCUT2D eigenvalue weighted by atomic mass is 35.5.